The molecule has 1 aromatic rings. The van der Waals surface area contributed by atoms with Crippen LogP contribution in [0.15, 0.2) is 4.52 Å². The Morgan fingerprint density at radius 2 is 2.05 bits per heavy atom. The fourth-order valence-corrected chi connectivity index (χ4v) is 3.46. The Morgan fingerprint density at radius 3 is 2.81 bits per heavy atom. The van der Waals surface area contributed by atoms with Gasteiger partial charge in [-0.2, -0.15) is 4.98 Å². The standard InChI is InChI=1S/C15H26N4O2/c1-18-7-8-19(2)12(10-18)15-16-14(21-17-15)9-13(20)11-5-3-4-6-11/h11-13,20H,3-10H2,1-2H3. The Bertz CT molecular complexity index is 458. The molecule has 2 aliphatic rings. The Hall–Kier alpha value is -0.980. The molecule has 2 unspecified atom stereocenters. The van der Waals surface area contributed by atoms with Crippen LogP contribution in [0.5, 0.6) is 0 Å². The lowest BCUT2D eigenvalue weighted by Crippen LogP contribution is -2.45. The average molecular weight is 294 g/mol. The number of piperazine rings is 1. The van der Waals surface area contributed by atoms with Crippen LogP contribution in [0.4, 0.5) is 0 Å². The van der Waals surface area contributed by atoms with Gasteiger partial charge in [-0.25, -0.2) is 0 Å². The van der Waals surface area contributed by atoms with Gasteiger partial charge in [0, 0.05) is 19.6 Å². The molecule has 1 N–H and O–H groups in total. The van der Waals surface area contributed by atoms with Gasteiger partial charge >= 0.3 is 0 Å². The molecule has 2 heterocycles. The molecule has 2 fully saturated rings. The van der Waals surface area contributed by atoms with Crippen LogP contribution in [0.3, 0.4) is 0 Å². The van der Waals surface area contributed by atoms with E-state index in [-0.39, 0.29) is 12.1 Å². The summed E-state index contributed by atoms with van der Waals surface area (Å²) in [5, 5.41) is 14.4. The summed E-state index contributed by atoms with van der Waals surface area (Å²) in [4.78, 5) is 9.08. The van der Waals surface area contributed by atoms with E-state index in [4.69, 9.17) is 4.52 Å². The van der Waals surface area contributed by atoms with Crippen molar-refractivity contribution in [2.45, 2.75) is 44.2 Å². The molecule has 0 amide bonds. The van der Waals surface area contributed by atoms with Gasteiger partial charge in [0.25, 0.3) is 0 Å². The smallest absolute Gasteiger partial charge is 0.229 e. The number of aromatic nitrogens is 2. The molecule has 1 aromatic heterocycles. The van der Waals surface area contributed by atoms with Crippen molar-refractivity contribution in [3.63, 3.8) is 0 Å². The maximum atomic E-state index is 10.3. The van der Waals surface area contributed by atoms with E-state index in [1.807, 2.05) is 0 Å². The number of likely N-dealkylation sites (N-methyl/N-ethyl adjacent to an activating group) is 2. The molecule has 0 spiro atoms. The van der Waals surface area contributed by atoms with E-state index >= 15 is 0 Å². The summed E-state index contributed by atoms with van der Waals surface area (Å²) in [6.45, 7) is 2.99. The molecule has 1 aliphatic heterocycles. The lowest BCUT2D eigenvalue weighted by molar-refractivity contribution is 0.101. The van der Waals surface area contributed by atoms with Crippen molar-refractivity contribution >= 4 is 0 Å². The number of rotatable bonds is 4. The SMILES string of the molecule is CN1CCN(C)C(c2noc(CC(O)C3CCCC3)n2)C1. The van der Waals surface area contributed by atoms with Crippen LogP contribution in [0, 0.1) is 5.92 Å². The minimum Gasteiger partial charge on any atom is -0.392 e. The topological polar surface area (TPSA) is 65.6 Å². The summed E-state index contributed by atoms with van der Waals surface area (Å²) < 4.78 is 5.37. The van der Waals surface area contributed by atoms with Crippen LogP contribution in [-0.2, 0) is 6.42 Å². The summed E-state index contributed by atoms with van der Waals surface area (Å²) in [7, 11) is 4.21. The fraction of sp³-hybridized carbons (Fsp3) is 0.867. The molecule has 1 saturated heterocycles. The Balaban J connectivity index is 1.62. The second-order valence-electron chi connectivity index (χ2n) is 6.62. The Morgan fingerprint density at radius 1 is 1.29 bits per heavy atom. The maximum Gasteiger partial charge on any atom is 0.229 e. The van der Waals surface area contributed by atoms with Gasteiger partial charge in [-0.15, -0.1) is 0 Å². The molecular weight excluding hydrogens is 268 g/mol. The Labute approximate surface area is 126 Å². The summed E-state index contributed by atoms with van der Waals surface area (Å²) in [5.74, 6) is 1.73. The van der Waals surface area contributed by atoms with Gasteiger partial charge in [0.05, 0.1) is 18.6 Å². The zero-order valence-electron chi connectivity index (χ0n) is 13.0. The van der Waals surface area contributed by atoms with E-state index in [9.17, 15) is 5.11 Å². The maximum absolute atomic E-state index is 10.3. The van der Waals surface area contributed by atoms with E-state index in [1.54, 1.807) is 0 Å². The van der Waals surface area contributed by atoms with Gasteiger partial charge in [-0.1, -0.05) is 18.0 Å². The van der Waals surface area contributed by atoms with Crippen LogP contribution in [0.1, 0.15) is 43.4 Å². The van der Waals surface area contributed by atoms with Crippen molar-refractivity contribution in [2.75, 3.05) is 33.7 Å². The first-order chi connectivity index (χ1) is 10.1. The van der Waals surface area contributed by atoms with E-state index in [1.165, 1.54) is 12.8 Å². The number of hydrogen-bond acceptors (Lipinski definition) is 6. The van der Waals surface area contributed by atoms with Crippen LogP contribution < -0.4 is 0 Å². The van der Waals surface area contributed by atoms with E-state index in [0.717, 1.165) is 38.3 Å². The first kappa shape index (κ1) is 14.9. The molecule has 21 heavy (non-hydrogen) atoms. The van der Waals surface area contributed by atoms with Crippen LogP contribution in [-0.4, -0.2) is 64.9 Å². The van der Waals surface area contributed by atoms with Crippen molar-refractivity contribution in [1.82, 2.24) is 19.9 Å². The van der Waals surface area contributed by atoms with E-state index in [0.29, 0.717) is 18.2 Å². The van der Waals surface area contributed by atoms with Crippen LogP contribution in [0.2, 0.25) is 0 Å². The minimum absolute atomic E-state index is 0.185. The highest BCUT2D eigenvalue weighted by Gasteiger charge is 2.29. The van der Waals surface area contributed by atoms with Crippen LogP contribution in [0.25, 0.3) is 0 Å². The fourth-order valence-electron chi connectivity index (χ4n) is 3.46. The minimum atomic E-state index is -0.340. The van der Waals surface area contributed by atoms with E-state index in [2.05, 4.69) is 34.0 Å². The molecule has 2 atom stereocenters. The number of aliphatic hydroxyl groups excluding tert-OH is 1. The normalized spacial score (nSPS) is 27.3. The molecule has 1 saturated carbocycles. The monoisotopic (exact) mass is 294 g/mol. The Kier molecular flexibility index (Phi) is 4.57. The third-order valence-corrected chi connectivity index (χ3v) is 4.96. The molecule has 3 rings (SSSR count). The van der Waals surface area contributed by atoms with Crippen molar-refractivity contribution in [3.8, 4) is 0 Å². The van der Waals surface area contributed by atoms with Gasteiger partial charge in [0.2, 0.25) is 5.89 Å². The quantitative estimate of drug-likeness (QED) is 0.896. The highest BCUT2D eigenvalue weighted by molar-refractivity contribution is 4.99. The average Bonchev–Trinajstić information content (AvgIpc) is 3.12. The molecule has 6 nitrogen and oxygen atoms in total. The first-order valence-electron chi connectivity index (χ1n) is 8.03. The van der Waals surface area contributed by atoms with Crippen molar-refractivity contribution in [2.24, 2.45) is 5.92 Å². The molecule has 118 valence electrons. The molecule has 1 aliphatic carbocycles. The predicted octanol–water partition coefficient (Wildman–Crippen LogP) is 1.08. The number of nitrogens with zero attached hydrogens (tertiary/aromatic N) is 4. The largest absolute Gasteiger partial charge is 0.392 e. The van der Waals surface area contributed by atoms with Crippen molar-refractivity contribution < 1.29 is 9.63 Å². The zero-order chi connectivity index (χ0) is 14.8. The highest BCUT2D eigenvalue weighted by atomic mass is 16.5. The molecule has 0 aromatic carbocycles. The zero-order valence-corrected chi connectivity index (χ0v) is 13.0. The lowest BCUT2D eigenvalue weighted by Gasteiger charge is -2.35. The highest BCUT2D eigenvalue weighted by Crippen LogP contribution is 2.29. The van der Waals surface area contributed by atoms with Crippen LogP contribution >= 0.6 is 0 Å². The van der Waals surface area contributed by atoms with Gasteiger partial charge in [0.1, 0.15) is 0 Å². The second kappa shape index (κ2) is 6.42. The van der Waals surface area contributed by atoms with Crippen molar-refractivity contribution in [1.29, 1.82) is 0 Å². The summed E-state index contributed by atoms with van der Waals surface area (Å²) in [5.41, 5.74) is 0. The predicted molar refractivity (Wildman–Crippen MR) is 78.8 cm³/mol. The van der Waals surface area contributed by atoms with Gasteiger partial charge in [-0.05, 0) is 32.9 Å². The number of hydrogen-bond donors (Lipinski definition) is 1. The summed E-state index contributed by atoms with van der Waals surface area (Å²) in [6, 6.07) is 0.185. The third-order valence-electron chi connectivity index (χ3n) is 4.96. The molecule has 0 bridgehead atoms. The van der Waals surface area contributed by atoms with Gasteiger partial charge in [-0.3, -0.25) is 4.90 Å². The number of aliphatic hydroxyl groups is 1. The van der Waals surface area contributed by atoms with E-state index < -0.39 is 0 Å². The molecule has 0 radical (unpaired) electrons. The van der Waals surface area contributed by atoms with Crippen molar-refractivity contribution in [3.05, 3.63) is 11.7 Å². The first-order valence-corrected chi connectivity index (χ1v) is 8.03. The van der Waals surface area contributed by atoms with Gasteiger partial charge in [0.15, 0.2) is 5.82 Å². The molecular formula is C15H26N4O2. The second-order valence-corrected chi connectivity index (χ2v) is 6.62. The van der Waals surface area contributed by atoms with Gasteiger partial charge < -0.3 is 14.5 Å². The third kappa shape index (κ3) is 3.44. The summed E-state index contributed by atoms with van der Waals surface area (Å²) >= 11 is 0. The summed E-state index contributed by atoms with van der Waals surface area (Å²) in [6.07, 6.45) is 4.86. The lowest BCUT2D eigenvalue weighted by atomic mass is 9.98. The molecule has 6 heteroatoms.